The van der Waals surface area contributed by atoms with Gasteiger partial charge in [0.05, 0.1) is 12.8 Å². The maximum atomic E-state index is 11.7. The highest BCUT2D eigenvalue weighted by molar-refractivity contribution is 5.80. The van der Waals surface area contributed by atoms with E-state index >= 15 is 0 Å². The first-order valence-electron chi connectivity index (χ1n) is 6.64. The van der Waals surface area contributed by atoms with Gasteiger partial charge in [-0.1, -0.05) is 0 Å². The number of amides is 1. The maximum absolute atomic E-state index is 11.7. The van der Waals surface area contributed by atoms with Crippen molar-refractivity contribution in [3.05, 3.63) is 40.9 Å². The largest absolute Gasteiger partial charge is 0.463 e. The lowest BCUT2D eigenvalue weighted by Crippen LogP contribution is -2.32. The van der Waals surface area contributed by atoms with Crippen molar-refractivity contribution in [3.8, 4) is 11.5 Å². The molecule has 0 atom stereocenters. The monoisotopic (exact) mass is 273 g/mol. The first-order valence-corrected chi connectivity index (χ1v) is 6.64. The molecular weight excluding hydrogens is 258 g/mol. The SMILES string of the molecule is O=C(NCCn1nc(-c2ccco2)ccc1=O)C1CC1. The lowest BCUT2D eigenvalue weighted by Gasteiger charge is -2.07. The van der Waals surface area contributed by atoms with Gasteiger partial charge in [-0.05, 0) is 31.0 Å². The number of carbonyl (C=O) groups excluding carboxylic acids is 1. The Bertz CT molecular complexity index is 657. The molecule has 6 nitrogen and oxygen atoms in total. The predicted octanol–water partition coefficient (Wildman–Crippen LogP) is 1.03. The van der Waals surface area contributed by atoms with Gasteiger partial charge in [0.15, 0.2) is 5.76 Å². The lowest BCUT2D eigenvalue weighted by molar-refractivity contribution is -0.122. The molecule has 2 aromatic heterocycles. The van der Waals surface area contributed by atoms with E-state index in [9.17, 15) is 9.59 Å². The Morgan fingerprint density at radius 2 is 2.25 bits per heavy atom. The molecule has 6 heteroatoms. The minimum atomic E-state index is -0.194. The molecule has 0 bridgehead atoms. The number of hydrogen-bond acceptors (Lipinski definition) is 4. The molecule has 1 fully saturated rings. The number of furan rings is 1. The smallest absolute Gasteiger partial charge is 0.266 e. The molecule has 1 saturated carbocycles. The molecule has 3 rings (SSSR count). The molecule has 0 aliphatic heterocycles. The summed E-state index contributed by atoms with van der Waals surface area (Å²) in [7, 11) is 0. The van der Waals surface area contributed by atoms with Crippen LogP contribution in [0, 0.1) is 5.92 Å². The van der Waals surface area contributed by atoms with Crippen LogP contribution in [-0.2, 0) is 11.3 Å². The zero-order chi connectivity index (χ0) is 13.9. The van der Waals surface area contributed by atoms with Gasteiger partial charge in [-0.3, -0.25) is 9.59 Å². The average Bonchev–Trinajstić information content (AvgIpc) is 3.16. The van der Waals surface area contributed by atoms with Crippen molar-refractivity contribution in [3.63, 3.8) is 0 Å². The minimum absolute atomic E-state index is 0.0697. The van der Waals surface area contributed by atoms with E-state index in [-0.39, 0.29) is 17.4 Å². The highest BCUT2D eigenvalue weighted by Crippen LogP contribution is 2.28. The van der Waals surface area contributed by atoms with E-state index in [4.69, 9.17) is 4.42 Å². The van der Waals surface area contributed by atoms with E-state index in [1.807, 2.05) is 0 Å². The Labute approximate surface area is 115 Å². The van der Waals surface area contributed by atoms with Crippen LogP contribution >= 0.6 is 0 Å². The molecular formula is C14H15N3O3. The molecule has 0 unspecified atom stereocenters. The summed E-state index contributed by atoms with van der Waals surface area (Å²) in [5, 5.41) is 7.04. The summed E-state index contributed by atoms with van der Waals surface area (Å²) in [5.41, 5.74) is 0.407. The van der Waals surface area contributed by atoms with Gasteiger partial charge in [0, 0.05) is 18.5 Å². The Hall–Kier alpha value is -2.37. The highest BCUT2D eigenvalue weighted by Gasteiger charge is 2.29. The van der Waals surface area contributed by atoms with E-state index in [1.165, 1.54) is 10.7 Å². The Kier molecular flexibility index (Phi) is 3.37. The lowest BCUT2D eigenvalue weighted by atomic mass is 10.3. The van der Waals surface area contributed by atoms with Gasteiger partial charge in [0.1, 0.15) is 5.69 Å². The van der Waals surface area contributed by atoms with Crippen molar-refractivity contribution in [2.24, 2.45) is 5.92 Å². The number of rotatable bonds is 5. The summed E-state index contributed by atoms with van der Waals surface area (Å²) in [5.74, 6) is 0.857. The molecule has 0 saturated heterocycles. The molecule has 20 heavy (non-hydrogen) atoms. The number of nitrogens with zero attached hydrogens (tertiary/aromatic N) is 2. The second kappa shape index (κ2) is 5.32. The fraction of sp³-hybridized carbons (Fsp3) is 0.357. The van der Waals surface area contributed by atoms with Crippen molar-refractivity contribution in [2.45, 2.75) is 19.4 Å². The van der Waals surface area contributed by atoms with Gasteiger partial charge in [-0.25, -0.2) is 4.68 Å². The second-order valence-electron chi connectivity index (χ2n) is 4.82. The maximum Gasteiger partial charge on any atom is 0.266 e. The number of aromatic nitrogens is 2. The molecule has 0 spiro atoms. The van der Waals surface area contributed by atoms with E-state index in [1.54, 1.807) is 24.5 Å². The van der Waals surface area contributed by atoms with Crippen molar-refractivity contribution in [2.75, 3.05) is 6.54 Å². The number of carbonyl (C=O) groups is 1. The fourth-order valence-corrected chi connectivity index (χ4v) is 1.94. The van der Waals surface area contributed by atoms with E-state index in [2.05, 4.69) is 10.4 Å². The topological polar surface area (TPSA) is 77.1 Å². The fourth-order valence-electron chi connectivity index (χ4n) is 1.94. The van der Waals surface area contributed by atoms with Crippen LogP contribution in [0.4, 0.5) is 0 Å². The first-order chi connectivity index (χ1) is 9.74. The van der Waals surface area contributed by atoms with Crippen LogP contribution in [0.25, 0.3) is 11.5 Å². The normalized spacial score (nSPS) is 14.2. The molecule has 0 radical (unpaired) electrons. The summed E-state index contributed by atoms with van der Waals surface area (Å²) in [4.78, 5) is 23.2. The Balaban J connectivity index is 1.67. The van der Waals surface area contributed by atoms with Crippen LogP contribution in [-0.4, -0.2) is 22.2 Å². The van der Waals surface area contributed by atoms with E-state index in [0.29, 0.717) is 24.5 Å². The Morgan fingerprint density at radius 3 is 2.95 bits per heavy atom. The number of nitrogens with one attached hydrogen (secondary N) is 1. The van der Waals surface area contributed by atoms with Crippen molar-refractivity contribution in [1.29, 1.82) is 0 Å². The molecule has 1 aliphatic rings. The van der Waals surface area contributed by atoms with Crippen LogP contribution < -0.4 is 10.9 Å². The van der Waals surface area contributed by atoms with Crippen LogP contribution in [0.1, 0.15) is 12.8 Å². The molecule has 1 N–H and O–H groups in total. The van der Waals surface area contributed by atoms with Crippen LogP contribution in [0.15, 0.2) is 39.7 Å². The summed E-state index contributed by atoms with van der Waals surface area (Å²) < 4.78 is 6.59. The van der Waals surface area contributed by atoms with Gasteiger partial charge in [0.25, 0.3) is 5.56 Å². The third-order valence-corrected chi connectivity index (χ3v) is 3.21. The zero-order valence-corrected chi connectivity index (χ0v) is 10.9. The minimum Gasteiger partial charge on any atom is -0.463 e. The predicted molar refractivity (Wildman–Crippen MR) is 71.9 cm³/mol. The summed E-state index contributed by atoms with van der Waals surface area (Å²) in [6.07, 6.45) is 3.50. The third kappa shape index (κ3) is 2.79. The Morgan fingerprint density at radius 1 is 1.40 bits per heavy atom. The summed E-state index contributed by atoms with van der Waals surface area (Å²) in [6, 6.07) is 6.63. The van der Waals surface area contributed by atoms with Gasteiger partial charge in [0.2, 0.25) is 5.91 Å². The molecule has 1 aliphatic carbocycles. The van der Waals surface area contributed by atoms with Crippen LogP contribution in [0.3, 0.4) is 0 Å². The second-order valence-corrected chi connectivity index (χ2v) is 4.82. The van der Waals surface area contributed by atoms with Crippen molar-refractivity contribution in [1.82, 2.24) is 15.1 Å². The summed E-state index contributed by atoms with van der Waals surface area (Å²) >= 11 is 0. The average molecular weight is 273 g/mol. The molecule has 2 aromatic rings. The quantitative estimate of drug-likeness (QED) is 0.882. The van der Waals surface area contributed by atoms with Gasteiger partial charge >= 0.3 is 0 Å². The molecule has 2 heterocycles. The number of hydrogen-bond donors (Lipinski definition) is 1. The standard InChI is InChI=1S/C14H15N3O3/c18-13-6-5-11(12-2-1-9-20-12)16-17(13)8-7-15-14(19)10-3-4-10/h1-2,5-6,9-10H,3-4,7-8H2,(H,15,19). The van der Waals surface area contributed by atoms with Crippen LogP contribution in [0.2, 0.25) is 0 Å². The van der Waals surface area contributed by atoms with Crippen molar-refractivity contribution >= 4 is 5.91 Å². The van der Waals surface area contributed by atoms with E-state index in [0.717, 1.165) is 12.8 Å². The van der Waals surface area contributed by atoms with Gasteiger partial charge in [-0.2, -0.15) is 5.10 Å². The third-order valence-electron chi connectivity index (χ3n) is 3.21. The van der Waals surface area contributed by atoms with Crippen LogP contribution in [0.5, 0.6) is 0 Å². The molecule has 1 amide bonds. The van der Waals surface area contributed by atoms with Gasteiger partial charge in [-0.15, -0.1) is 0 Å². The van der Waals surface area contributed by atoms with E-state index < -0.39 is 0 Å². The highest BCUT2D eigenvalue weighted by atomic mass is 16.3. The summed E-state index contributed by atoms with van der Waals surface area (Å²) in [6.45, 7) is 0.760. The zero-order valence-electron chi connectivity index (χ0n) is 10.9. The van der Waals surface area contributed by atoms with Gasteiger partial charge < -0.3 is 9.73 Å². The molecule has 0 aromatic carbocycles. The first kappa shape index (κ1) is 12.7. The molecule has 104 valence electrons. The van der Waals surface area contributed by atoms with Crippen molar-refractivity contribution < 1.29 is 9.21 Å².